The third kappa shape index (κ3) is 2.04. The van der Waals surface area contributed by atoms with E-state index in [9.17, 15) is 0 Å². The number of benzene rings is 1. The van der Waals surface area contributed by atoms with Crippen LogP contribution in [-0.2, 0) is 0 Å². The first-order chi connectivity index (χ1) is 8.15. The molecule has 0 saturated heterocycles. The second-order valence-electron chi connectivity index (χ2n) is 3.64. The van der Waals surface area contributed by atoms with E-state index in [0.717, 1.165) is 11.1 Å². The van der Waals surface area contributed by atoms with Crippen LogP contribution < -0.4 is 15.2 Å². The first-order valence-corrected chi connectivity index (χ1v) is 5.11. The second kappa shape index (κ2) is 4.37. The lowest BCUT2D eigenvalue weighted by Crippen LogP contribution is -1.93. The first-order valence-electron chi connectivity index (χ1n) is 5.11. The van der Waals surface area contributed by atoms with Gasteiger partial charge in [-0.15, -0.1) is 0 Å². The van der Waals surface area contributed by atoms with Crippen molar-refractivity contribution in [2.24, 2.45) is 0 Å². The van der Waals surface area contributed by atoms with Gasteiger partial charge >= 0.3 is 0 Å². The maximum absolute atomic E-state index is 5.52. The molecule has 5 heteroatoms. The summed E-state index contributed by atoms with van der Waals surface area (Å²) in [5.74, 6) is 2.32. The average Bonchev–Trinajstić information content (AvgIpc) is 2.74. The number of hydrogen-bond acceptors (Lipinski definition) is 5. The normalized spacial score (nSPS) is 10.3. The van der Waals surface area contributed by atoms with Gasteiger partial charge in [-0.1, -0.05) is 5.16 Å². The summed E-state index contributed by atoms with van der Waals surface area (Å²) in [6.45, 7) is 1.94. The van der Waals surface area contributed by atoms with E-state index >= 15 is 0 Å². The van der Waals surface area contributed by atoms with Gasteiger partial charge in [0.15, 0.2) is 23.1 Å². The Kier molecular flexibility index (Phi) is 2.91. The molecule has 0 amide bonds. The molecule has 0 unspecified atom stereocenters. The third-order valence-corrected chi connectivity index (χ3v) is 2.48. The van der Waals surface area contributed by atoms with Crippen molar-refractivity contribution in [2.45, 2.75) is 6.92 Å². The number of aryl methyl sites for hydroxylation is 1. The number of hydrogen-bond donors (Lipinski definition) is 1. The van der Waals surface area contributed by atoms with Crippen LogP contribution in [0.1, 0.15) is 5.56 Å². The van der Waals surface area contributed by atoms with E-state index in [0.29, 0.717) is 23.1 Å². The van der Waals surface area contributed by atoms with E-state index in [4.69, 9.17) is 19.7 Å². The van der Waals surface area contributed by atoms with E-state index in [1.807, 2.05) is 19.1 Å². The quantitative estimate of drug-likeness (QED) is 0.881. The van der Waals surface area contributed by atoms with Gasteiger partial charge in [-0.2, -0.15) is 0 Å². The predicted octanol–water partition coefficient (Wildman–Crippen LogP) is 2.25. The van der Waals surface area contributed by atoms with Crippen LogP contribution in [0.4, 0.5) is 5.82 Å². The molecule has 1 aromatic heterocycles. The molecule has 0 spiro atoms. The van der Waals surface area contributed by atoms with Crippen molar-refractivity contribution >= 4 is 5.82 Å². The molecule has 0 aliphatic heterocycles. The molecule has 0 aliphatic rings. The second-order valence-corrected chi connectivity index (χ2v) is 3.64. The number of ether oxygens (including phenoxy) is 2. The number of nitrogen functional groups attached to an aromatic ring is 1. The predicted molar refractivity (Wildman–Crippen MR) is 64.2 cm³/mol. The fraction of sp³-hybridized carbons (Fsp3) is 0.250. The largest absolute Gasteiger partial charge is 0.493 e. The highest BCUT2D eigenvalue weighted by Crippen LogP contribution is 2.36. The number of nitrogens with zero attached hydrogens (tertiary/aromatic N) is 1. The molecule has 0 saturated carbocycles. The van der Waals surface area contributed by atoms with E-state index in [1.54, 1.807) is 20.3 Å². The lowest BCUT2D eigenvalue weighted by molar-refractivity contribution is 0.353. The molecule has 0 radical (unpaired) electrons. The van der Waals surface area contributed by atoms with Crippen LogP contribution in [0.5, 0.6) is 11.5 Å². The minimum Gasteiger partial charge on any atom is -0.493 e. The molecule has 5 nitrogen and oxygen atoms in total. The van der Waals surface area contributed by atoms with Crippen LogP contribution in [0.3, 0.4) is 0 Å². The Morgan fingerprint density at radius 2 is 1.94 bits per heavy atom. The molecule has 2 rings (SSSR count). The monoisotopic (exact) mass is 234 g/mol. The van der Waals surface area contributed by atoms with Gasteiger partial charge in [0.2, 0.25) is 0 Å². The number of methoxy groups -OCH3 is 2. The van der Waals surface area contributed by atoms with Crippen molar-refractivity contribution in [3.63, 3.8) is 0 Å². The lowest BCUT2D eigenvalue weighted by Gasteiger charge is -2.11. The number of nitrogens with two attached hydrogens (primary N) is 1. The average molecular weight is 234 g/mol. The van der Waals surface area contributed by atoms with Gasteiger partial charge < -0.3 is 19.7 Å². The van der Waals surface area contributed by atoms with Crippen LogP contribution in [0, 0.1) is 6.92 Å². The maximum Gasteiger partial charge on any atom is 0.169 e. The Morgan fingerprint density at radius 3 is 2.47 bits per heavy atom. The molecular formula is C12H14N2O3. The molecule has 0 bridgehead atoms. The summed E-state index contributed by atoms with van der Waals surface area (Å²) in [4.78, 5) is 0. The molecule has 0 fully saturated rings. The Morgan fingerprint density at radius 1 is 1.18 bits per heavy atom. The van der Waals surface area contributed by atoms with Crippen molar-refractivity contribution in [2.75, 3.05) is 20.0 Å². The first kappa shape index (κ1) is 11.3. The maximum atomic E-state index is 5.52. The Bertz CT molecular complexity index is 535. The minimum absolute atomic E-state index is 0.354. The van der Waals surface area contributed by atoms with Crippen molar-refractivity contribution in [3.05, 3.63) is 23.8 Å². The topological polar surface area (TPSA) is 70.5 Å². The Labute approximate surface area is 99.1 Å². The molecule has 1 aromatic carbocycles. The van der Waals surface area contributed by atoms with E-state index in [-0.39, 0.29) is 0 Å². The SMILES string of the molecule is COc1cc(-c2cc(N)no2)cc(C)c1OC. The molecule has 90 valence electrons. The minimum atomic E-state index is 0.354. The highest BCUT2D eigenvalue weighted by Gasteiger charge is 2.13. The van der Waals surface area contributed by atoms with Crippen molar-refractivity contribution < 1.29 is 14.0 Å². The molecular weight excluding hydrogens is 220 g/mol. The Hall–Kier alpha value is -2.17. The summed E-state index contributed by atoms with van der Waals surface area (Å²) in [5, 5.41) is 3.65. The van der Waals surface area contributed by atoms with E-state index < -0.39 is 0 Å². The molecule has 2 aromatic rings. The number of rotatable bonds is 3. The highest BCUT2D eigenvalue weighted by molar-refractivity contribution is 5.66. The summed E-state index contributed by atoms with van der Waals surface area (Å²) in [5.41, 5.74) is 7.33. The summed E-state index contributed by atoms with van der Waals surface area (Å²) in [6.07, 6.45) is 0. The van der Waals surface area contributed by atoms with E-state index in [2.05, 4.69) is 5.16 Å². The highest BCUT2D eigenvalue weighted by atomic mass is 16.5. The summed E-state index contributed by atoms with van der Waals surface area (Å²) in [7, 11) is 3.20. The zero-order chi connectivity index (χ0) is 12.4. The van der Waals surface area contributed by atoms with Gasteiger partial charge in [0.05, 0.1) is 14.2 Å². The van der Waals surface area contributed by atoms with Gasteiger partial charge in [-0.3, -0.25) is 0 Å². The summed E-state index contributed by atoms with van der Waals surface area (Å²) in [6, 6.07) is 5.42. The number of anilines is 1. The van der Waals surface area contributed by atoms with Crippen LogP contribution in [-0.4, -0.2) is 19.4 Å². The lowest BCUT2D eigenvalue weighted by atomic mass is 10.1. The van der Waals surface area contributed by atoms with Gasteiger partial charge in [-0.05, 0) is 24.6 Å². The summed E-state index contributed by atoms with van der Waals surface area (Å²) < 4.78 is 15.6. The van der Waals surface area contributed by atoms with Crippen molar-refractivity contribution in [3.8, 4) is 22.8 Å². The molecule has 0 aliphatic carbocycles. The Balaban J connectivity index is 2.53. The smallest absolute Gasteiger partial charge is 0.169 e. The van der Waals surface area contributed by atoms with Crippen molar-refractivity contribution in [1.82, 2.24) is 5.16 Å². The molecule has 2 N–H and O–H groups in total. The summed E-state index contributed by atoms with van der Waals surface area (Å²) >= 11 is 0. The zero-order valence-electron chi connectivity index (χ0n) is 9.98. The molecule has 0 atom stereocenters. The third-order valence-electron chi connectivity index (χ3n) is 2.48. The van der Waals surface area contributed by atoms with Crippen molar-refractivity contribution in [1.29, 1.82) is 0 Å². The van der Waals surface area contributed by atoms with Crippen LogP contribution in [0.25, 0.3) is 11.3 Å². The van der Waals surface area contributed by atoms with Gasteiger partial charge in [-0.25, -0.2) is 0 Å². The van der Waals surface area contributed by atoms with Gasteiger partial charge in [0.1, 0.15) is 0 Å². The van der Waals surface area contributed by atoms with Gasteiger partial charge in [0.25, 0.3) is 0 Å². The fourth-order valence-corrected chi connectivity index (χ4v) is 1.72. The van der Waals surface area contributed by atoms with E-state index in [1.165, 1.54) is 0 Å². The van der Waals surface area contributed by atoms with Crippen LogP contribution in [0.2, 0.25) is 0 Å². The zero-order valence-corrected chi connectivity index (χ0v) is 9.98. The standard InChI is InChI=1S/C12H14N2O3/c1-7-4-8(9-6-11(13)14-17-9)5-10(15-2)12(7)16-3/h4-6H,1-3H3,(H2,13,14). The number of aromatic nitrogens is 1. The van der Waals surface area contributed by atoms with Gasteiger partial charge in [0, 0.05) is 11.6 Å². The van der Waals surface area contributed by atoms with Crippen LogP contribution in [0.15, 0.2) is 22.7 Å². The fourth-order valence-electron chi connectivity index (χ4n) is 1.72. The molecule has 17 heavy (non-hydrogen) atoms. The van der Waals surface area contributed by atoms with Crippen LogP contribution >= 0.6 is 0 Å². The molecule has 1 heterocycles.